The van der Waals surface area contributed by atoms with E-state index in [-0.39, 0.29) is 5.91 Å². The van der Waals surface area contributed by atoms with Gasteiger partial charge in [0.1, 0.15) is 5.00 Å². The summed E-state index contributed by atoms with van der Waals surface area (Å²) in [6.45, 7) is 1.47. The molecule has 0 bridgehead atoms. The summed E-state index contributed by atoms with van der Waals surface area (Å²) in [7, 11) is 0. The number of nitrogens with two attached hydrogens (primary N) is 1. The monoisotopic (exact) mass is 240 g/mol. The lowest BCUT2D eigenvalue weighted by Crippen LogP contribution is -2.04. The highest BCUT2D eigenvalue weighted by Gasteiger charge is 2.08. The van der Waals surface area contributed by atoms with Crippen molar-refractivity contribution in [2.24, 2.45) is 0 Å². The van der Waals surface area contributed by atoms with Crippen molar-refractivity contribution in [2.45, 2.75) is 6.92 Å². The molecule has 0 aliphatic carbocycles. The zero-order chi connectivity index (χ0) is 11.0. The Labute approximate surface area is 95.8 Å². The van der Waals surface area contributed by atoms with E-state index in [1.807, 2.05) is 18.2 Å². The highest BCUT2D eigenvalue weighted by molar-refractivity contribution is 7.23. The number of thiophene rings is 1. The maximum atomic E-state index is 10.9. The number of rotatable bonds is 1. The van der Waals surface area contributed by atoms with Crippen molar-refractivity contribution < 1.29 is 4.79 Å². The number of hydrogen-bond acceptors (Lipinski definition) is 3. The van der Waals surface area contributed by atoms with Crippen LogP contribution in [0.1, 0.15) is 6.92 Å². The van der Waals surface area contributed by atoms with Gasteiger partial charge < -0.3 is 11.1 Å². The summed E-state index contributed by atoms with van der Waals surface area (Å²) in [6, 6.07) is 5.53. The van der Waals surface area contributed by atoms with Crippen LogP contribution >= 0.6 is 22.9 Å². The van der Waals surface area contributed by atoms with Crippen LogP contribution in [-0.2, 0) is 4.79 Å². The molecule has 1 heterocycles. The molecule has 0 aliphatic rings. The van der Waals surface area contributed by atoms with Gasteiger partial charge in [-0.15, -0.1) is 11.3 Å². The van der Waals surface area contributed by atoms with Crippen LogP contribution in [0.3, 0.4) is 0 Å². The van der Waals surface area contributed by atoms with E-state index in [1.54, 1.807) is 0 Å². The number of benzene rings is 1. The first-order chi connectivity index (χ1) is 7.08. The molecular weight excluding hydrogens is 232 g/mol. The molecule has 1 amide bonds. The number of amides is 1. The van der Waals surface area contributed by atoms with Crippen LogP contribution in [0, 0.1) is 0 Å². The normalized spacial score (nSPS) is 10.5. The van der Waals surface area contributed by atoms with E-state index >= 15 is 0 Å². The Morgan fingerprint density at radius 3 is 2.93 bits per heavy atom. The van der Waals surface area contributed by atoms with E-state index in [0.29, 0.717) is 10.0 Å². The molecule has 0 radical (unpaired) electrons. The van der Waals surface area contributed by atoms with Gasteiger partial charge in [-0.25, -0.2) is 0 Å². The fourth-order valence-electron chi connectivity index (χ4n) is 1.37. The number of carbonyl (C=O) groups excluding carboxylic acids is 1. The molecule has 0 atom stereocenters. The van der Waals surface area contributed by atoms with E-state index in [0.717, 1.165) is 15.8 Å². The standard InChI is InChI=1S/C10H9ClN2OS/c1-5(14)13-6-2-3-7-8(4-6)15-10(12)9(7)11/h2-4H,12H2,1H3,(H,13,14). The van der Waals surface area contributed by atoms with Crippen molar-refractivity contribution in [1.29, 1.82) is 0 Å². The van der Waals surface area contributed by atoms with Crippen LogP contribution in [0.5, 0.6) is 0 Å². The summed E-state index contributed by atoms with van der Waals surface area (Å²) in [5, 5.41) is 4.82. The largest absolute Gasteiger partial charge is 0.389 e. The topological polar surface area (TPSA) is 55.1 Å². The van der Waals surface area contributed by atoms with Crippen LogP contribution in [0.4, 0.5) is 10.7 Å². The second-order valence-electron chi connectivity index (χ2n) is 3.17. The van der Waals surface area contributed by atoms with E-state index < -0.39 is 0 Å². The van der Waals surface area contributed by atoms with Gasteiger partial charge in [-0.2, -0.15) is 0 Å². The number of halogens is 1. The van der Waals surface area contributed by atoms with Crippen molar-refractivity contribution in [2.75, 3.05) is 11.1 Å². The Bertz CT molecular complexity index is 535. The second kappa shape index (κ2) is 3.72. The second-order valence-corrected chi connectivity index (χ2v) is 4.63. The third-order valence-corrected chi connectivity index (χ3v) is 3.48. The summed E-state index contributed by atoms with van der Waals surface area (Å²) in [5.41, 5.74) is 6.46. The molecule has 1 aromatic heterocycles. The molecule has 0 saturated carbocycles. The lowest BCUT2D eigenvalue weighted by atomic mass is 10.2. The van der Waals surface area contributed by atoms with Crippen molar-refractivity contribution in [3.63, 3.8) is 0 Å². The Morgan fingerprint density at radius 2 is 2.27 bits per heavy atom. The minimum atomic E-state index is -0.0926. The van der Waals surface area contributed by atoms with Gasteiger partial charge in [0.05, 0.1) is 5.02 Å². The van der Waals surface area contributed by atoms with Gasteiger partial charge >= 0.3 is 0 Å². The molecule has 0 fully saturated rings. The highest BCUT2D eigenvalue weighted by atomic mass is 35.5. The molecule has 0 unspecified atom stereocenters. The summed E-state index contributed by atoms with van der Waals surface area (Å²) < 4.78 is 0.976. The van der Waals surface area contributed by atoms with Crippen LogP contribution in [0.2, 0.25) is 5.02 Å². The van der Waals surface area contributed by atoms with Crippen molar-refractivity contribution in [3.8, 4) is 0 Å². The number of nitrogen functional groups attached to an aromatic ring is 1. The van der Waals surface area contributed by atoms with Crippen LogP contribution in [0.15, 0.2) is 18.2 Å². The maximum Gasteiger partial charge on any atom is 0.221 e. The molecule has 3 nitrogen and oxygen atoms in total. The van der Waals surface area contributed by atoms with E-state index in [1.165, 1.54) is 18.3 Å². The number of carbonyl (C=O) groups is 1. The zero-order valence-electron chi connectivity index (χ0n) is 8.00. The molecule has 2 aromatic rings. The third-order valence-electron chi connectivity index (χ3n) is 1.97. The van der Waals surface area contributed by atoms with Gasteiger partial charge in [-0.05, 0) is 18.2 Å². The molecule has 1 aromatic carbocycles. The number of nitrogens with one attached hydrogen (secondary N) is 1. The molecule has 15 heavy (non-hydrogen) atoms. The molecule has 78 valence electrons. The summed E-state index contributed by atoms with van der Waals surface area (Å²) >= 11 is 7.41. The van der Waals surface area contributed by atoms with Crippen LogP contribution < -0.4 is 11.1 Å². The summed E-state index contributed by atoms with van der Waals surface area (Å²) in [6.07, 6.45) is 0. The summed E-state index contributed by atoms with van der Waals surface area (Å²) in [4.78, 5) is 10.9. The number of hydrogen-bond donors (Lipinski definition) is 2. The van der Waals surface area contributed by atoms with Crippen molar-refractivity contribution in [3.05, 3.63) is 23.2 Å². The lowest BCUT2D eigenvalue weighted by molar-refractivity contribution is -0.114. The first-order valence-corrected chi connectivity index (χ1v) is 5.52. The quantitative estimate of drug-likeness (QED) is 0.805. The van der Waals surface area contributed by atoms with E-state index in [4.69, 9.17) is 17.3 Å². The zero-order valence-corrected chi connectivity index (χ0v) is 9.58. The molecule has 0 spiro atoms. The maximum absolute atomic E-state index is 10.9. The minimum Gasteiger partial charge on any atom is -0.389 e. The van der Waals surface area contributed by atoms with Gasteiger partial charge in [0.15, 0.2) is 0 Å². The SMILES string of the molecule is CC(=O)Nc1ccc2c(Cl)c(N)sc2c1. The predicted molar refractivity (Wildman–Crippen MR) is 65.6 cm³/mol. The fraction of sp³-hybridized carbons (Fsp3) is 0.100. The van der Waals surface area contributed by atoms with Crippen LogP contribution in [-0.4, -0.2) is 5.91 Å². The van der Waals surface area contributed by atoms with Gasteiger partial charge in [-0.3, -0.25) is 4.79 Å². The lowest BCUT2D eigenvalue weighted by Gasteiger charge is -2.00. The van der Waals surface area contributed by atoms with Crippen molar-refractivity contribution >= 4 is 49.6 Å². The van der Waals surface area contributed by atoms with Gasteiger partial charge in [0, 0.05) is 22.7 Å². The van der Waals surface area contributed by atoms with E-state index in [2.05, 4.69) is 5.32 Å². The van der Waals surface area contributed by atoms with Crippen LogP contribution in [0.25, 0.3) is 10.1 Å². The van der Waals surface area contributed by atoms with E-state index in [9.17, 15) is 4.79 Å². The first-order valence-electron chi connectivity index (χ1n) is 4.33. The number of fused-ring (bicyclic) bond motifs is 1. The summed E-state index contributed by atoms with van der Waals surface area (Å²) in [5.74, 6) is -0.0926. The Balaban J connectivity index is 2.52. The Morgan fingerprint density at radius 1 is 1.53 bits per heavy atom. The molecule has 0 saturated heterocycles. The fourth-order valence-corrected chi connectivity index (χ4v) is 2.60. The minimum absolute atomic E-state index is 0.0926. The van der Waals surface area contributed by atoms with Crippen molar-refractivity contribution in [1.82, 2.24) is 0 Å². The average molecular weight is 241 g/mol. The van der Waals surface area contributed by atoms with Gasteiger partial charge in [0.25, 0.3) is 0 Å². The average Bonchev–Trinajstić information content (AvgIpc) is 2.41. The smallest absolute Gasteiger partial charge is 0.221 e. The van der Waals surface area contributed by atoms with Gasteiger partial charge in [-0.1, -0.05) is 11.6 Å². The molecular formula is C10H9ClN2OS. The predicted octanol–water partition coefficient (Wildman–Crippen LogP) is 3.10. The Kier molecular flexibility index (Phi) is 2.54. The van der Waals surface area contributed by atoms with Gasteiger partial charge in [0.2, 0.25) is 5.91 Å². The molecule has 3 N–H and O–H groups in total. The highest BCUT2D eigenvalue weighted by Crippen LogP contribution is 2.38. The molecule has 2 rings (SSSR count). The number of anilines is 2. The first kappa shape index (κ1) is 10.3. The Hall–Kier alpha value is -1.26. The molecule has 0 aliphatic heterocycles. The third kappa shape index (κ3) is 1.91. The molecule has 5 heteroatoms.